The monoisotopic (exact) mass is 361 g/mol. The second-order valence-electron chi connectivity index (χ2n) is 3.17. The number of rotatable bonds is 3. The Morgan fingerprint density at radius 3 is 2.81 bits per heavy atom. The van der Waals surface area contributed by atoms with Crippen molar-refractivity contribution >= 4 is 54.6 Å². The van der Waals surface area contributed by atoms with Gasteiger partial charge in [0, 0.05) is 27.5 Å². The molecule has 3 nitrogen and oxygen atoms in total. The molecule has 0 saturated heterocycles. The SMILES string of the molecule is Nc1cncc(Br)c1NCc1cc(Br)cs1. The molecule has 3 N–H and O–H groups in total. The standard InChI is InChI=1S/C10H9Br2N3S/c11-6-1-7(16-5-6)2-15-10-8(12)3-14-4-9(10)13/h1,3-5H,2,13H2,(H,14,15). The van der Waals surface area contributed by atoms with Crippen LogP contribution in [0.25, 0.3) is 0 Å². The fourth-order valence-corrected chi connectivity index (χ4v) is 3.14. The van der Waals surface area contributed by atoms with Crippen molar-refractivity contribution in [2.45, 2.75) is 6.54 Å². The molecule has 0 aliphatic heterocycles. The van der Waals surface area contributed by atoms with Crippen molar-refractivity contribution in [2.75, 3.05) is 11.1 Å². The fraction of sp³-hybridized carbons (Fsp3) is 0.100. The molecule has 2 rings (SSSR count). The van der Waals surface area contributed by atoms with E-state index in [2.05, 4.69) is 53.6 Å². The molecule has 16 heavy (non-hydrogen) atoms. The minimum Gasteiger partial charge on any atom is -0.396 e. The van der Waals surface area contributed by atoms with Crippen LogP contribution >= 0.6 is 43.2 Å². The molecule has 0 aliphatic carbocycles. The van der Waals surface area contributed by atoms with E-state index in [-0.39, 0.29) is 0 Å². The highest BCUT2D eigenvalue weighted by molar-refractivity contribution is 9.10. The van der Waals surface area contributed by atoms with Crippen LogP contribution in [0, 0.1) is 0 Å². The van der Waals surface area contributed by atoms with E-state index in [0.717, 1.165) is 21.2 Å². The molecule has 0 fully saturated rings. The van der Waals surface area contributed by atoms with Gasteiger partial charge < -0.3 is 11.1 Å². The van der Waals surface area contributed by atoms with Crippen LogP contribution in [0.1, 0.15) is 4.88 Å². The molecule has 2 aromatic heterocycles. The Kier molecular flexibility index (Phi) is 3.83. The van der Waals surface area contributed by atoms with Gasteiger partial charge in [-0.15, -0.1) is 11.3 Å². The number of hydrogen-bond acceptors (Lipinski definition) is 4. The number of aromatic nitrogens is 1. The number of anilines is 2. The van der Waals surface area contributed by atoms with E-state index in [9.17, 15) is 0 Å². The predicted molar refractivity (Wildman–Crippen MR) is 75.7 cm³/mol. The average Bonchev–Trinajstić information content (AvgIpc) is 2.63. The van der Waals surface area contributed by atoms with Gasteiger partial charge in [0.15, 0.2) is 0 Å². The molecule has 0 aliphatic rings. The molecule has 0 radical (unpaired) electrons. The molecule has 0 aromatic carbocycles. The first kappa shape index (κ1) is 11.9. The summed E-state index contributed by atoms with van der Waals surface area (Å²) in [6, 6.07) is 2.09. The Morgan fingerprint density at radius 2 is 2.19 bits per heavy atom. The summed E-state index contributed by atoms with van der Waals surface area (Å²) in [6.07, 6.45) is 3.36. The van der Waals surface area contributed by atoms with E-state index in [1.807, 2.05) is 0 Å². The third-order valence-electron chi connectivity index (χ3n) is 1.99. The Bertz CT molecular complexity index is 478. The predicted octanol–water partition coefficient (Wildman–Crippen LogP) is 3.86. The van der Waals surface area contributed by atoms with E-state index in [4.69, 9.17) is 5.73 Å². The molecule has 2 aromatic rings. The molecule has 0 amide bonds. The first-order valence-corrected chi connectivity index (χ1v) is 6.99. The van der Waals surface area contributed by atoms with Crippen molar-refractivity contribution in [3.63, 3.8) is 0 Å². The first-order valence-electron chi connectivity index (χ1n) is 4.52. The van der Waals surface area contributed by atoms with E-state index >= 15 is 0 Å². The average molecular weight is 363 g/mol. The molecule has 6 heteroatoms. The quantitative estimate of drug-likeness (QED) is 0.871. The van der Waals surface area contributed by atoms with Gasteiger partial charge in [0.25, 0.3) is 0 Å². The van der Waals surface area contributed by atoms with Crippen LogP contribution in [-0.2, 0) is 6.54 Å². The van der Waals surface area contributed by atoms with Crippen molar-refractivity contribution in [3.05, 3.63) is 37.7 Å². The van der Waals surface area contributed by atoms with Crippen molar-refractivity contribution in [1.82, 2.24) is 4.98 Å². The van der Waals surface area contributed by atoms with Gasteiger partial charge >= 0.3 is 0 Å². The Morgan fingerprint density at radius 1 is 1.38 bits per heavy atom. The van der Waals surface area contributed by atoms with Crippen LogP contribution in [-0.4, -0.2) is 4.98 Å². The van der Waals surface area contributed by atoms with Crippen molar-refractivity contribution in [2.24, 2.45) is 0 Å². The summed E-state index contributed by atoms with van der Waals surface area (Å²) < 4.78 is 1.99. The van der Waals surface area contributed by atoms with Gasteiger partial charge in [-0.05, 0) is 37.9 Å². The number of nitrogens with zero attached hydrogens (tertiary/aromatic N) is 1. The van der Waals surface area contributed by atoms with Crippen LogP contribution in [0.5, 0.6) is 0 Å². The third-order valence-corrected chi connectivity index (χ3v) is 4.29. The van der Waals surface area contributed by atoms with Gasteiger partial charge in [0.2, 0.25) is 0 Å². The van der Waals surface area contributed by atoms with Gasteiger partial charge in [0.1, 0.15) is 0 Å². The Hall–Kier alpha value is -0.590. The zero-order chi connectivity index (χ0) is 11.5. The number of nitrogens with two attached hydrogens (primary N) is 1. The van der Waals surface area contributed by atoms with Gasteiger partial charge in [-0.2, -0.15) is 0 Å². The molecule has 0 saturated carbocycles. The third kappa shape index (κ3) is 2.75. The maximum atomic E-state index is 5.83. The fourth-order valence-electron chi connectivity index (χ4n) is 1.26. The van der Waals surface area contributed by atoms with Gasteiger partial charge in [-0.1, -0.05) is 0 Å². The summed E-state index contributed by atoms with van der Waals surface area (Å²) in [7, 11) is 0. The van der Waals surface area contributed by atoms with Crippen molar-refractivity contribution in [1.29, 1.82) is 0 Å². The van der Waals surface area contributed by atoms with Crippen LogP contribution in [0.4, 0.5) is 11.4 Å². The summed E-state index contributed by atoms with van der Waals surface area (Å²) >= 11 is 8.54. The van der Waals surface area contributed by atoms with Crippen LogP contribution < -0.4 is 11.1 Å². The topological polar surface area (TPSA) is 50.9 Å². The summed E-state index contributed by atoms with van der Waals surface area (Å²) in [4.78, 5) is 5.23. The molecule has 0 atom stereocenters. The minimum absolute atomic E-state index is 0.644. The van der Waals surface area contributed by atoms with Crippen molar-refractivity contribution < 1.29 is 0 Å². The number of nitrogens with one attached hydrogen (secondary N) is 1. The highest BCUT2D eigenvalue weighted by Gasteiger charge is 2.05. The maximum absolute atomic E-state index is 5.83. The summed E-state index contributed by atoms with van der Waals surface area (Å²) in [6.45, 7) is 0.753. The Labute approximate surface area is 114 Å². The van der Waals surface area contributed by atoms with Gasteiger partial charge in [0.05, 0.1) is 22.0 Å². The second-order valence-corrected chi connectivity index (χ2v) is 5.94. The molecule has 0 bridgehead atoms. The smallest absolute Gasteiger partial charge is 0.0752 e. The van der Waals surface area contributed by atoms with E-state index in [1.165, 1.54) is 4.88 Å². The number of halogens is 2. The number of pyridine rings is 1. The zero-order valence-corrected chi connectivity index (χ0v) is 12.2. The maximum Gasteiger partial charge on any atom is 0.0752 e. The molecule has 84 valence electrons. The number of thiophene rings is 1. The van der Waals surface area contributed by atoms with Crippen molar-refractivity contribution in [3.8, 4) is 0 Å². The normalized spacial score (nSPS) is 10.4. The minimum atomic E-state index is 0.644. The number of nitrogen functional groups attached to an aromatic ring is 1. The van der Waals surface area contributed by atoms with Crippen LogP contribution in [0.2, 0.25) is 0 Å². The molecular formula is C10H9Br2N3S. The second kappa shape index (κ2) is 5.16. The van der Waals surface area contributed by atoms with Gasteiger partial charge in [-0.3, -0.25) is 4.98 Å². The summed E-state index contributed by atoms with van der Waals surface area (Å²) in [5.74, 6) is 0. The lowest BCUT2D eigenvalue weighted by Crippen LogP contribution is -2.02. The molecule has 0 spiro atoms. The lowest BCUT2D eigenvalue weighted by atomic mass is 10.3. The summed E-state index contributed by atoms with van der Waals surface area (Å²) in [5, 5.41) is 5.35. The first-order chi connectivity index (χ1) is 7.66. The van der Waals surface area contributed by atoms with Crippen LogP contribution in [0.15, 0.2) is 32.8 Å². The zero-order valence-electron chi connectivity index (χ0n) is 8.21. The van der Waals surface area contributed by atoms with E-state index in [0.29, 0.717) is 5.69 Å². The lowest BCUT2D eigenvalue weighted by Gasteiger charge is -2.09. The highest BCUT2D eigenvalue weighted by atomic mass is 79.9. The highest BCUT2D eigenvalue weighted by Crippen LogP contribution is 2.28. The largest absolute Gasteiger partial charge is 0.396 e. The number of hydrogen-bond donors (Lipinski definition) is 2. The van der Waals surface area contributed by atoms with Gasteiger partial charge in [-0.25, -0.2) is 0 Å². The Balaban J connectivity index is 2.10. The van der Waals surface area contributed by atoms with Crippen LogP contribution in [0.3, 0.4) is 0 Å². The molecular weight excluding hydrogens is 354 g/mol. The molecule has 2 heterocycles. The van der Waals surface area contributed by atoms with E-state index < -0.39 is 0 Å². The molecule has 0 unspecified atom stereocenters. The summed E-state index contributed by atoms with van der Waals surface area (Å²) in [5.41, 5.74) is 7.36. The van der Waals surface area contributed by atoms with E-state index in [1.54, 1.807) is 23.7 Å². The lowest BCUT2D eigenvalue weighted by molar-refractivity contribution is 1.17.